The lowest BCUT2D eigenvalue weighted by Gasteiger charge is -2.23. The van der Waals surface area contributed by atoms with Gasteiger partial charge in [-0.1, -0.05) is 29.8 Å². The van der Waals surface area contributed by atoms with Gasteiger partial charge in [0.1, 0.15) is 17.2 Å². The largest absolute Gasteiger partial charge is 0.421 e. The van der Waals surface area contributed by atoms with Crippen molar-refractivity contribution in [3.05, 3.63) is 64.6 Å². The van der Waals surface area contributed by atoms with Gasteiger partial charge in [-0.2, -0.15) is 13.2 Å². The zero-order valence-electron chi connectivity index (χ0n) is 16.3. The van der Waals surface area contributed by atoms with Crippen LogP contribution in [-0.2, 0) is 6.18 Å². The van der Waals surface area contributed by atoms with E-state index in [1.807, 2.05) is 13.8 Å². The van der Waals surface area contributed by atoms with Gasteiger partial charge in [0, 0.05) is 35.1 Å². The van der Waals surface area contributed by atoms with E-state index in [4.69, 9.17) is 11.6 Å². The molecule has 3 rings (SSSR count). The van der Waals surface area contributed by atoms with E-state index in [-0.39, 0.29) is 28.4 Å². The molecule has 1 amide bonds. The number of nitrogens with one attached hydrogen (secondary N) is 1. The number of hydrogen-bond acceptors (Lipinski definition) is 3. The molecule has 0 saturated heterocycles. The number of nitrogens with zero attached hydrogens (tertiary/aromatic N) is 2. The number of fused-ring (bicyclic) bond motifs is 1. The van der Waals surface area contributed by atoms with E-state index in [0.717, 1.165) is 18.2 Å². The van der Waals surface area contributed by atoms with Crippen LogP contribution in [0.15, 0.2) is 42.6 Å². The number of anilines is 2. The molecule has 30 heavy (non-hydrogen) atoms. The summed E-state index contributed by atoms with van der Waals surface area (Å²) in [7, 11) is 1.63. The Hall–Kier alpha value is -2.87. The van der Waals surface area contributed by atoms with Gasteiger partial charge in [-0.3, -0.25) is 4.79 Å². The first-order valence-electron chi connectivity index (χ1n) is 8.99. The molecule has 0 fully saturated rings. The first-order valence-corrected chi connectivity index (χ1v) is 9.37. The molecular weight excluding hydrogens is 422 g/mol. The summed E-state index contributed by atoms with van der Waals surface area (Å²) < 4.78 is 54.0. The minimum atomic E-state index is -4.91. The number of pyridine rings is 1. The first-order chi connectivity index (χ1) is 14.0. The van der Waals surface area contributed by atoms with Gasteiger partial charge in [-0.25, -0.2) is 9.37 Å². The van der Waals surface area contributed by atoms with Crippen LogP contribution in [-0.4, -0.2) is 28.9 Å². The minimum absolute atomic E-state index is 0.0207. The van der Waals surface area contributed by atoms with Crippen molar-refractivity contribution in [3.63, 3.8) is 0 Å². The molecule has 0 aliphatic carbocycles. The van der Waals surface area contributed by atoms with Crippen LogP contribution in [0.25, 0.3) is 10.8 Å². The second kappa shape index (κ2) is 8.10. The highest BCUT2D eigenvalue weighted by atomic mass is 35.5. The van der Waals surface area contributed by atoms with Crippen LogP contribution in [0.3, 0.4) is 0 Å². The molecule has 0 saturated carbocycles. The van der Waals surface area contributed by atoms with Crippen LogP contribution in [0.2, 0.25) is 5.02 Å². The monoisotopic (exact) mass is 439 g/mol. The topological polar surface area (TPSA) is 45.2 Å². The molecule has 0 atom stereocenters. The van der Waals surface area contributed by atoms with Crippen LogP contribution in [0, 0.1) is 5.82 Å². The van der Waals surface area contributed by atoms with E-state index in [9.17, 15) is 22.4 Å². The fraction of sp³-hybridized carbons (Fsp3) is 0.238. The third-order valence-electron chi connectivity index (χ3n) is 4.74. The van der Waals surface area contributed by atoms with E-state index in [1.54, 1.807) is 25.2 Å². The van der Waals surface area contributed by atoms with Gasteiger partial charge in [0.2, 0.25) is 0 Å². The molecular formula is C21H18ClF4N3O. The normalized spacial score (nSPS) is 11.8. The van der Waals surface area contributed by atoms with E-state index in [1.165, 1.54) is 11.1 Å². The van der Waals surface area contributed by atoms with Crippen molar-refractivity contribution in [1.82, 2.24) is 9.88 Å². The Bertz CT molecular complexity index is 1120. The maximum atomic E-state index is 13.9. The van der Waals surface area contributed by atoms with E-state index in [2.05, 4.69) is 10.3 Å². The Labute approximate surface area is 175 Å². The standard InChI is InChI=1S/C21H18ClF4N3O/c1-11(2)29(3)20(30)13-10-27-19(12-6-4-7-14(22)17(12)13)28-16-9-5-8-15(23)18(16)21(24,25)26/h4-11H,1-3H3,(H,27,28). The molecule has 0 radical (unpaired) electrons. The van der Waals surface area contributed by atoms with Gasteiger partial charge in [0.05, 0.1) is 11.3 Å². The van der Waals surface area contributed by atoms with Gasteiger partial charge in [0.25, 0.3) is 5.91 Å². The lowest BCUT2D eigenvalue weighted by Crippen LogP contribution is -2.33. The number of carbonyl (C=O) groups excluding carboxylic acids is 1. The molecule has 3 aromatic rings. The molecule has 1 aromatic heterocycles. The summed E-state index contributed by atoms with van der Waals surface area (Å²) in [4.78, 5) is 18.5. The predicted octanol–water partition coefficient (Wildman–Crippen LogP) is 6.27. The molecule has 0 spiro atoms. The van der Waals surface area contributed by atoms with Gasteiger partial charge >= 0.3 is 6.18 Å². The lowest BCUT2D eigenvalue weighted by molar-refractivity contribution is -0.139. The van der Waals surface area contributed by atoms with Crippen LogP contribution in [0.1, 0.15) is 29.8 Å². The Balaban J connectivity index is 2.18. The minimum Gasteiger partial charge on any atom is -0.339 e. The molecule has 0 unspecified atom stereocenters. The Kier molecular flexibility index (Phi) is 5.90. The van der Waals surface area contributed by atoms with Crippen molar-refractivity contribution in [2.75, 3.05) is 12.4 Å². The number of aromatic nitrogens is 1. The summed E-state index contributed by atoms with van der Waals surface area (Å²) in [5.41, 5.74) is -1.70. The van der Waals surface area contributed by atoms with Crippen molar-refractivity contribution >= 4 is 39.8 Å². The number of halogens is 5. The van der Waals surface area contributed by atoms with Crippen molar-refractivity contribution in [2.45, 2.75) is 26.1 Å². The third kappa shape index (κ3) is 4.05. The number of benzene rings is 2. The number of amides is 1. The van der Waals surface area contributed by atoms with Crippen molar-refractivity contribution < 1.29 is 22.4 Å². The van der Waals surface area contributed by atoms with Crippen molar-refractivity contribution in [3.8, 4) is 0 Å². The summed E-state index contributed by atoms with van der Waals surface area (Å²) in [6.07, 6.45) is -3.65. The van der Waals surface area contributed by atoms with Gasteiger partial charge in [-0.15, -0.1) is 0 Å². The molecule has 0 bridgehead atoms. The average molecular weight is 440 g/mol. The molecule has 9 heteroatoms. The third-order valence-corrected chi connectivity index (χ3v) is 5.05. The quantitative estimate of drug-likeness (QED) is 0.487. The Morgan fingerprint density at radius 2 is 1.83 bits per heavy atom. The second-order valence-electron chi connectivity index (χ2n) is 6.98. The Morgan fingerprint density at radius 1 is 1.17 bits per heavy atom. The highest BCUT2D eigenvalue weighted by molar-refractivity contribution is 6.37. The summed E-state index contributed by atoms with van der Waals surface area (Å²) in [6.45, 7) is 3.68. The molecule has 4 nitrogen and oxygen atoms in total. The van der Waals surface area contributed by atoms with E-state index >= 15 is 0 Å². The van der Waals surface area contributed by atoms with Crippen LogP contribution >= 0.6 is 11.6 Å². The molecule has 158 valence electrons. The smallest absolute Gasteiger partial charge is 0.339 e. The molecule has 1 N–H and O–H groups in total. The molecule has 1 heterocycles. The van der Waals surface area contributed by atoms with E-state index in [0.29, 0.717) is 10.8 Å². The highest BCUT2D eigenvalue weighted by Crippen LogP contribution is 2.39. The number of rotatable bonds is 4. The van der Waals surface area contributed by atoms with Gasteiger partial charge in [-0.05, 0) is 32.0 Å². The fourth-order valence-corrected chi connectivity index (χ4v) is 3.26. The van der Waals surface area contributed by atoms with Crippen molar-refractivity contribution in [2.24, 2.45) is 0 Å². The summed E-state index contributed by atoms with van der Waals surface area (Å²) in [6, 6.07) is 7.66. The highest BCUT2D eigenvalue weighted by Gasteiger charge is 2.37. The zero-order valence-corrected chi connectivity index (χ0v) is 17.1. The predicted molar refractivity (Wildman–Crippen MR) is 109 cm³/mol. The molecule has 2 aromatic carbocycles. The summed E-state index contributed by atoms with van der Waals surface area (Å²) in [5, 5.41) is 3.48. The zero-order chi connectivity index (χ0) is 22.2. The van der Waals surface area contributed by atoms with Crippen LogP contribution in [0.5, 0.6) is 0 Å². The van der Waals surface area contributed by atoms with Crippen molar-refractivity contribution in [1.29, 1.82) is 0 Å². The number of alkyl halides is 3. The number of carbonyl (C=O) groups is 1. The maximum Gasteiger partial charge on any atom is 0.421 e. The maximum absolute atomic E-state index is 13.9. The second-order valence-corrected chi connectivity index (χ2v) is 7.39. The SMILES string of the molecule is CC(C)N(C)C(=O)c1cnc(Nc2cccc(F)c2C(F)(F)F)c2cccc(Cl)c12. The average Bonchev–Trinajstić information content (AvgIpc) is 2.66. The summed E-state index contributed by atoms with van der Waals surface area (Å²) >= 11 is 6.33. The lowest BCUT2D eigenvalue weighted by atomic mass is 10.0. The van der Waals surface area contributed by atoms with Crippen LogP contribution in [0.4, 0.5) is 29.1 Å². The van der Waals surface area contributed by atoms with Gasteiger partial charge < -0.3 is 10.2 Å². The number of hydrogen-bond donors (Lipinski definition) is 1. The first kappa shape index (κ1) is 21.8. The molecule has 0 aliphatic heterocycles. The van der Waals surface area contributed by atoms with Crippen LogP contribution < -0.4 is 5.32 Å². The molecule has 0 aliphatic rings. The summed E-state index contributed by atoms with van der Waals surface area (Å²) in [5.74, 6) is -1.71. The van der Waals surface area contributed by atoms with Gasteiger partial charge in [0.15, 0.2) is 0 Å². The van der Waals surface area contributed by atoms with E-state index < -0.39 is 23.2 Å². The Morgan fingerprint density at radius 3 is 2.47 bits per heavy atom. The fourth-order valence-electron chi connectivity index (χ4n) is 2.99.